The Kier molecular flexibility index (Phi) is 5.96. The molecule has 0 aromatic heterocycles. The summed E-state index contributed by atoms with van der Waals surface area (Å²) in [7, 11) is 0. The van der Waals surface area contributed by atoms with Crippen molar-refractivity contribution in [1.82, 2.24) is 0.428 Å². The molecule has 0 radical (unpaired) electrons. The van der Waals surface area contributed by atoms with E-state index in [0.29, 0.717) is 52.8 Å². The van der Waals surface area contributed by atoms with Crippen molar-refractivity contribution in [1.29, 1.82) is 0 Å². The van der Waals surface area contributed by atoms with E-state index in [0.717, 1.165) is 29.5 Å². The maximum absolute atomic E-state index is 13.0. The van der Waals surface area contributed by atoms with E-state index in [4.69, 9.17) is 4.74 Å². The van der Waals surface area contributed by atoms with Crippen LogP contribution in [0.25, 0.3) is 11.1 Å². The Bertz CT molecular complexity index is 904. The van der Waals surface area contributed by atoms with Crippen molar-refractivity contribution in [2.75, 3.05) is 0 Å². The molecule has 0 amide bonds. The van der Waals surface area contributed by atoms with E-state index in [9.17, 15) is 14.7 Å². The van der Waals surface area contributed by atoms with Gasteiger partial charge in [-0.25, -0.2) is 0 Å². The zero-order chi connectivity index (χ0) is 19.9. The topological polar surface area (TPSA) is 66.8 Å². The summed E-state index contributed by atoms with van der Waals surface area (Å²) < 4.78 is 8.07. The normalized spacial score (nSPS) is 28.1. The first-order valence-electron chi connectivity index (χ1n) is 9.42. The van der Waals surface area contributed by atoms with E-state index in [1.165, 1.54) is 0 Å². The van der Waals surface area contributed by atoms with Gasteiger partial charge < -0.3 is 0 Å². The van der Waals surface area contributed by atoms with Crippen molar-refractivity contribution in [2.45, 2.75) is 25.0 Å². The second-order valence-corrected chi connectivity index (χ2v) is 27.1. The Morgan fingerprint density at radius 2 is 1.75 bits per heavy atom. The quantitative estimate of drug-likeness (QED) is 0.364. The van der Waals surface area contributed by atoms with Gasteiger partial charge in [-0.2, -0.15) is 0 Å². The van der Waals surface area contributed by atoms with Crippen molar-refractivity contribution in [2.24, 2.45) is 17.8 Å². The third-order valence-electron chi connectivity index (χ3n) is 6.28. The Morgan fingerprint density at radius 1 is 1.07 bits per heavy atom. The number of hydrogen-bond acceptors (Lipinski definition) is 4. The number of carbonyl (C=O) groups is 2. The van der Waals surface area contributed by atoms with Crippen LogP contribution in [-0.2, 0) is 73.8 Å². The molecule has 1 N–H and O–H groups in total. The Morgan fingerprint density at radius 3 is 2.39 bits per heavy atom. The van der Waals surface area contributed by atoms with Crippen LogP contribution in [0.1, 0.15) is 18.4 Å². The van der Waals surface area contributed by atoms with Crippen molar-refractivity contribution >= 4 is 11.9 Å². The van der Waals surface area contributed by atoms with Gasteiger partial charge in [0, 0.05) is 0 Å². The van der Waals surface area contributed by atoms with Crippen LogP contribution >= 0.6 is 0 Å². The van der Waals surface area contributed by atoms with Crippen LogP contribution < -0.4 is 0 Å². The predicted molar refractivity (Wildman–Crippen MR) is 93.6 cm³/mol. The van der Waals surface area contributed by atoms with Crippen molar-refractivity contribution in [3.63, 3.8) is 0 Å². The molecule has 28 heavy (non-hydrogen) atoms. The summed E-state index contributed by atoms with van der Waals surface area (Å²) in [6.07, 6.45) is 1.57. The second-order valence-electron chi connectivity index (χ2n) is 7.61. The van der Waals surface area contributed by atoms with E-state index in [-0.39, 0.29) is 30.3 Å². The summed E-state index contributed by atoms with van der Waals surface area (Å²) in [5.74, 6) is -1.52. The number of carboxylic acid groups (broad SMARTS) is 1. The molecule has 0 saturated heterocycles. The van der Waals surface area contributed by atoms with E-state index in [2.05, 4.69) is 0.428 Å². The second kappa shape index (κ2) is 8.15. The number of carbonyl (C=O) groups excluding carboxylic acids is 1. The van der Waals surface area contributed by atoms with Crippen molar-refractivity contribution < 1.29 is 72.3 Å². The molecule has 2 aliphatic carbocycles. The Balaban J connectivity index is 1.51. The molecular weight excluding hydrogens is 731 g/mol. The predicted octanol–water partition coefficient (Wildman–Crippen LogP) is 3.10. The third kappa shape index (κ3) is 3.37. The van der Waals surface area contributed by atoms with E-state index >= 15 is 0 Å². The molecule has 2 saturated carbocycles. The molecule has 136 valence electrons. The molecule has 2 aromatic rings. The van der Waals surface area contributed by atoms with Crippen molar-refractivity contribution in [3.05, 3.63) is 60.2 Å². The van der Waals surface area contributed by atoms with Crippen LogP contribution in [0.4, 0.5) is 0 Å². The maximum atomic E-state index is 13.0. The average Bonchev–Trinajstić information content (AvgIpc) is 3.23. The summed E-state index contributed by atoms with van der Waals surface area (Å²) >= 11 is 0.693. The molecule has 0 heterocycles. The standard InChI is InChI=1S/C21H19NO4.2Hg/c22-21-16(18(21)19(23)24)10-11-17(21)20(25)26-12-14-8-4-5-9-15(14)13-6-2-1-3-7-13;;/h1-9,16-18H,10-12H2,(H,23,24);;. The number of ether oxygens (including phenoxy) is 1. The van der Waals surface area contributed by atoms with Crippen LogP contribution in [0, 0.1) is 17.8 Å². The van der Waals surface area contributed by atoms with Gasteiger partial charge in [-0.05, 0) is 0 Å². The number of aliphatic carboxylic acids is 1. The first kappa shape index (κ1) is 20.5. The molecule has 5 nitrogen and oxygen atoms in total. The fourth-order valence-electron chi connectivity index (χ4n) is 5.04. The number of hydrogen-bond donors (Lipinski definition) is 1. The molecule has 2 aromatic carbocycles. The summed E-state index contributed by atoms with van der Waals surface area (Å²) in [5, 5.41) is 9.61. The fourth-order valence-corrected chi connectivity index (χ4v) is 10.1. The monoisotopic (exact) mass is 753 g/mol. The first-order chi connectivity index (χ1) is 13.5. The Hall–Kier alpha value is -0.790. The number of esters is 1. The van der Waals surface area contributed by atoms with Gasteiger partial charge in [-0.15, -0.1) is 0 Å². The molecule has 7 heteroatoms. The summed E-state index contributed by atoms with van der Waals surface area (Å²) in [4.78, 5) is 24.7. The molecular formula is C21H19Hg2NO4. The molecule has 4 rings (SSSR count). The number of carboxylic acids is 1. The molecule has 0 bridgehead atoms. The van der Waals surface area contributed by atoms with E-state index in [1.54, 1.807) is 0 Å². The van der Waals surface area contributed by atoms with Crippen LogP contribution in [0.15, 0.2) is 54.6 Å². The average molecular weight is 751 g/mol. The van der Waals surface area contributed by atoms with Gasteiger partial charge in [0.05, 0.1) is 0 Å². The Labute approximate surface area is 197 Å². The molecule has 2 aliphatic rings. The van der Waals surface area contributed by atoms with Gasteiger partial charge in [-0.3, -0.25) is 0 Å². The fraction of sp³-hybridized carbons (Fsp3) is 0.333. The zero-order valence-corrected chi connectivity index (χ0v) is 26.6. The van der Waals surface area contributed by atoms with E-state index in [1.807, 2.05) is 54.6 Å². The number of nitrogens with zero attached hydrogens (tertiary/aromatic N) is 1. The number of fused-ring (bicyclic) bond motifs is 1. The SMILES string of the molecule is O=C(OCc1ccccc1-c1ccccc1)C1CCC2C(C(=O)O)C12[N]([Hg])[Hg]. The van der Waals surface area contributed by atoms with Gasteiger partial charge in [0.15, 0.2) is 0 Å². The summed E-state index contributed by atoms with van der Waals surface area (Å²) in [5.41, 5.74) is 2.70. The van der Waals surface area contributed by atoms with Gasteiger partial charge in [0.1, 0.15) is 0 Å². The van der Waals surface area contributed by atoms with Crippen LogP contribution in [-0.4, -0.2) is 23.0 Å². The number of benzene rings is 2. The van der Waals surface area contributed by atoms with Crippen molar-refractivity contribution in [3.8, 4) is 11.1 Å². The molecule has 2 fully saturated rings. The summed E-state index contributed by atoms with van der Waals surface area (Å²) in [6.45, 7) is 0.219. The zero-order valence-electron chi connectivity index (χ0n) is 15.6. The number of rotatable bonds is 6. The van der Waals surface area contributed by atoms with Gasteiger partial charge >= 0.3 is 199 Å². The van der Waals surface area contributed by atoms with Crippen LogP contribution in [0.2, 0.25) is 0 Å². The minimum absolute atomic E-state index is 0.133. The first-order valence-corrected chi connectivity index (χ1v) is 14.3. The molecule has 4 atom stereocenters. The molecule has 0 aliphatic heterocycles. The van der Waals surface area contributed by atoms with Gasteiger partial charge in [0.25, 0.3) is 0 Å². The van der Waals surface area contributed by atoms with Crippen LogP contribution in [0.5, 0.6) is 0 Å². The van der Waals surface area contributed by atoms with Gasteiger partial charge in [0.2, 0.25) is 0 Å². The molecule has 4 unspecified atom stereocenters. The third-order valence-corrected chi connectivity index (χ3v) is 10.5. The van der Waals surface area contributed by atoms with E-state index < -0.39 is 11.5 Å². The van der Waals surface area contributed by atoms with Crippen LogP contribution in [0.3, 0.4) is 0 Å². The minimum atomic E-state index is -0.752. The van der Waals surface area contributed by atoms with Gasteiger partial charge in [-0.1, -0.05) is 0 Å². The summed E-state index contributed by atoms with van der Waals surface area (Å²) in [6, 6.07) is 18.0. The molecule has 0 spiro atoms.